The Kier molecular flexibility index (Phi) is 9.31. The minimum Gasteiger partial charge on any atom is -0.489 e. The molecule has 0 radical (unpaired) electrons. The lowest BCUT2D eigenvalue weighted by molar-refractivity contribution is -0.163. The lowest BCUT2D eigenvalue weighted by Gasteiger charge is -2.22. The molecule has 2 aromatic carbocycles. The van der Waals surface area contributed by atoms with Gasteiger partial charge in [-0.05, 0) is 44.0 Å². The molecule has 1 atom stereocenters. The number of nitrogens with two attached hydrogens (primary N) is 2. The lowest BCUT2D eigenvalue weighted by Crippen LogP contribution is -2.35. The zero-order valence-electron chi connectivity index (χ0n) is 20.9. The summed E-state index contributed by atoms with van der Waals surface area (Å²) >= 11 is 0. The van der Waals surface area contributed by atoms with E-state index in [1.54, 1.807) is 26.8 Å². The fraction of sp³-hybridized carbons (Fsp3) is 0.259. The third kappa shape index (κ3) is 8.41. The molecule has 194 valence electrons. The van der Waals surface area contributed by atoms with E-state index in [4.69, 9.17) is 30.7 Å². The first-order valence-electron chi connectivity index (χ1n) is 11.5. The van der Waals surface area contributed by atoms with E-state index in [0.717, 1.165) is 11.1 Å². The summed E-state index contributed by atoms with van der Waals surface area (Å²) in [6.45, 7) is 4.93. The number of nitrogens with zero attached hydrogens (tertiary/aromatic N) is 2. The number of ether oxygens (including phenoxy) is 3. The second-order valence-electron chi connectivity index (χ2n) is 8.93. The molecule has 10 heteroatoms. The standard InChI is InChI=1S/C27H30N4O6/c1-27(2,3)36-26(33)31-24(28)21-15-14-20(16-30-21)34-17-22(37-29)25(32)35-23(18-10-6-4-7-11-18)19-12-8-5-9-13-19/h4-16,22-23H,17,29H2,1-3H3,(H2,28,31,33). The van der Waals surface area contributed by atoms with E-state index in [2.05, 4.69) is 9.98 Å². The number of hydrogen-bond donors (Lipinski definition) is 2. The number of rotatable bonds is 9. The molecule has 0 saturated carbocycles. The van der Waals surface area contributed by atoms with Gasteiger partial charge in [-0.1, -0.05) is 60.7 Å². The molecule has 10 nitrogen and oxygen atoms in total. The maximum absolute atomic E-state index is 12.9. The van der Waals surface area contributed by atoms with E-state index in [1.807, 2.05) is 60.7 Å². The van der Waals surface area contributed by atoms with E-state index in [0.29, 0.717) is 5.75 Å². The summed E-state index contributed by atoms with van der Waals surface area (Å²) in [6, 6.07) is 21.7. The van der Waals surface area contributed by atoms with Gasteiger partial charge < -0.3 is 19.9 Å². The van der Waals surface area contributed by atoms with Gasteiger partial charge in [0.05, 0.1) is 6.20 Å². The van der Waals surface area contributed by atoms with Gasteiger partial charge in [-0.25, -0.2) is 20.5 Å². The summed E-state index contributed by atoms with van der Waals surface area (Å²) in [6.07, 6.45) is -1.31. The SMILES string of the molecule is CC(C)(C)OC(=O)N=C(N)c1ccc(OCC(ON)C(=O)OC(c2ccccc2)c2ccccc2)cn1. The Morgan fingerprint density at radius 3 is 2.03 bits per heavy atom. The van der Waals surface area contributed by atoms with Gasteiger partial charge in [-0.2, -0.15) is 4.99 Å². The van der Waals surface area contributed by atoms with Gasteiger partial charge in [0.25, 0.3) is 0 Å². The summed E-state index contributed by atoms with van der Waals surface area (Å²) in [5, 5.41) is 0. The molecule has 0 aliphatic carbocycles. The van der Waals surface area contributed by atoms with Crippen LogP contribution in [-0.2, 0) is 19.1 Å². The number of carbonyl (C=O) groups is 2. The van der Waals surface area contributed by atoms with Crippen LogP contribution in [0, 0.1) is 0 Å². The van der Waals surface area contributed by atoms with Crippen molar-refractivity contribution in [1.82, 2.24) is 4.98 Å². The Labute approximate surface area is 215 Å². The Morgan fingerprint density at radius 1 is 0.946 bits per heavy atom. The van der Waals surface area contributed by atoms with Gasteiger partial charge in [-0.15, -0.1) is 0 Å². The largest absolute Gasteiger partial charge is 0.489 e. The molecule has 0 saturated heterocycles. The zero-order valence-corrected chi connectivity index (χ0v) is 20.9. The van der Waals surface area contributed by atoms with Gasteiger partial charge in [0.2, 0.25) is 6.10 Å². The van der Waals surface area contributed by atoms with E-state index in [9.17, 15) is 9.59 Å². The van der Waals surface area contributed by atoms with Crippen LogP contribution in [0.1, 0.15) is 43.7 Å². The molecule has 1 unspecified atom stereocenters. The topological polar surface area (TPSA) is 148 Å². The number of esters is 1. The van der Waals surface area contributed by atoms with Crippen molar-refractivity contribution < 1.29 is 28.6 Å². The van der Waals surface area contributed by atoms with Crippen LogP contribution in [0.25, 0.3) is 0 Å². The smallest absolute Gasteiger partial charge is 0.436 e. The number of aliphatic imine (C=N–C) groups is 1. The molecule has 4 N–H and O–H groups in total. The maximum Gasteiger partial charge on any atom is 0.436 e. The van der Waals surface area contributed by atoms with Crippen molar-refractivity contribution in [2.45, 2.75) is 38.6 Å². The predicted molar refractivity (Wildman–Crippen MR) is 137 cm³/mol. The molecule has 0 fully saturated rings. The maximum atomic E-state index is 12.9. The first-order chi connectivity index (χ1) is 17.7. The van der Waals surface area contributed by atoms with Gasteiger partial charge >= 0.3 is 12.1 Å². The first-order valence-corrected chi connectivity index (χ1v) is 11.5. The van der Waals surface area contributed by atoms with Gasteiger partial charge in [0.1, 0.15) is 23.7 Å². The van der Waals surface area contributed by atoms with E-state index in [1.165, 1.54) is 12.3 Å². The quantitative estimate of drug-likeness (QED) is 0.192. The highest BCUT2D eigenvalue weighted by Gasteiger charge is 2.27. The summed E-state index contributed by atoms with van der Waals surface area (Å²) in [5.74, 6) is 4.88. The fourth-order valence-electron chi connectivity index (χ4n) is 3.17. The molecular weight excluding hydrogens is 476 g/mol. The molecule has 1 aromatic heterocycles. The number of carbonyl (C=O) groups excluding carboxylic acids is 2. The molecule has 3 rings (SSSR count). The van der Waals surface area contributed by atoms with Crippen LogP contribution in [0.5, 0.6) is 5.75 Å². The molecule has 0 aliphatic heterocycles. The molecular formula is C27H30N4O6. The molecule has 0 spiro atoms. The van der Waals surface area contributed by atoms with Crippen molar-refractivity contribution >= 4 is 17.9 Å². The highest BCUT2D eigenvalue weighted by molar-refractivity contribution is 6.01. The number of amidine groups is 1. The van der Waals surface area contributed by atoms with Crippen LogP contribution >= 0.6 is 0 Å². The van der Waals surface area contributed by atoms with Gasteiger partial charge in [0, 0.05) is 0 Å². The highest BCUT2D eigenvalue weighted by Crippen LogP contribution is 2.26. The summed E-state index contributed by atoms with van der Waals surface area (Å²) in [7, 11) is 0. The Morgan fingerprint density at radius 2 is 1.54 bits per heavy atom. The number of aromatic nitrogens is 1. The number of hydrogen-bond acceptors (Lipinski definition) is 8. The third-order valence-corrected chi connectivity index (χ3v) is 4.87. The van der Waals surface area contributed by atoms with Crippen molar-refractivity contribution in [1.29, 1.82) is 0 Å². The number of pyridine rings is 1. The minimum absolute atomic E-state index is 0.111. The molecule has 37 heavy (non-hydrogen) atoms. The highest BCUT2D eigenvalue weighted by atomic mass is 16.7. The number of benzene rings is 2. The fourth-order valence-corrected chi connectivity index (χ4v) is 3.17. The summed E-state index contributed by atoms with van der Waals surface area (Å²) in [4.78, 5) is 37.4. The van der Waals surface area contributed by atoms with Crippen LogP contribution in [0.15, 0.2) is 84.0 Å². The average Bonchev–Trinajstić information content (AvgIpc) is 2.88. The van der Waals surface area contributed by atoms with Gasteiger partial charge in [0.15, 0.2) is 11.9 Å². The molecule has 0 bridgehead atoms. The molecule has 3 aromatic rings. The van der Waals surface area contributed by atoms with Crippen LogP contribution < -0.4 is 16.4 Å². The minimum atomic E-state index is -1.20. The predicted octanol–water partition coefficient (Wildman–Crippen LogP) is 3.69. The summed E-state index contributed by atoms with van der Waals surface area (Å²) < 4.78 is 16.5. The van der Waals surface area contributed by atoms with Crippen molar-refractivity contribution in [3.8, 4) is 5.75 Å². The first kappa shape index (κ1) is 27.3. The Hall–Kier alpha value is -4.28. The zero-order chi connectivity index (χ0) is 26.8. The lowest BCUT2D eigenvalue weighted by atomic mass is 10.0. The monoisotopic (exact) mass is 506 g/mol. The summed E-state index contributed by atoms with van der Waals surface area (Å²) in [5.41, 5.74) is 6.98. The van der Waals surface area contributed by atoms with Crippen LogP contribution in [-0.4, -0.2) is 41.2 Å². The van der Waals surface area contributed by atoms with Crippen molar-refractivity contribution in [3.63, 3.8) is 0 Å². The van der Waals surface area contributed by atoms with E-state index >= 15 is 0 Å². The Bertz CT molecular complexity index is 1160. The van der Waals surface area contributed by atoms with Crippen molar-refractivity contribution in [3.05, 3.63) is 95.8 Å². The third-order valence-electron chi connectivity index (χ3n) is 4.87. The Balaban J connectivity index is 1.63. The second-order valence-corrected chi connectivity index (χ2v) is 8.93. The molecule has 1 heterocycles. The molecule has 0 aliphatic rings. The van der Waals surface area contributed by atoms with Crippen LogP contribution in [0.4, 0.5) is 4.79 Å². The number of amides is 1. The normalized spacial score (nSPS) is 12.6. The van der Waals surface area contributed by atoms with E-state index < -0.39 is 29.9 Å². The van der Waals surface area contributed by atoms with Crippen LogP contribution in [0.3, 0.4) is 0 Å². The van der Waals surface area contributed by atoms with Gasteiger partial charge in [-0.3, -0.25) is 4.84 Å². The van der Waals surface area contributed by atoms with E-state index in [-0.39, 0.29) is 18.1 Å². The van der Waals surface area contributed by atoms with Crippen molar-refractivity contribution in [2.24, 2.45) is 16.6 Å². The average molecular weight is 507 g/mol. The van der Waals surface area contributed by atoms with Crippen molar-refractivity contribution in [2.75, 3.05) is 6.61 Å². The second kappa shape index (κ2) is 12.6. The van der Waals surface area contributed by atoms with Crippen LogP contribution in [0.2, 0.25) is 0 Å². The molecule has 1 amide bonds.